The molecule has 0 saturated heterocycles. The molecule has 0 fully saturated rings. The van der Waals surface area contributed by atoms with Gasteiger partial charge in [-0.1, -0.05) is 62.4 Å². The predicted octanol–water partition coefficient (Wildman–Crippen LogP) is 5.39. The lowest BCUT2D eigenvalue weighted by Crippen LogP contribution is -2.07. The first-order valence-corrected chi connectivity index (χ1v) is 9.19. The lowest BCUT2D eigenvalue weighted by molar-refractivity contribution is 0.853. The molecule has 1 aromatic heterocycles. The van der Waals surface area contributed by atoms with E-state index in [1.807, 2.05) is 18.2 Å². The third kappa shape index (κ3) is 5.06. The quantitative estimate of drug-likeness (QED) is 0.537. The van der Waals surface area contributed by atoms with Gasteiger partial charge in [-0.3, -0.25) is 0 Å². The highest BCUT2D eigenvalue weighted by molar-refractivity contribution is 5.61. The van der Waals surface area contributed by atoms with E-state index >= 15 is 0 Å². The number of hydrogen-bond donors (Lipinski definition) is 2. The fourth-order valence-corrected chi connectivity index (χ4v) is 2.90. The normalized spacial score (nSPS) is 10.7. The molecule has 2 aromatic carbocycles. The molecule has 0 radical (unpaired) electrons. The van der Waals surface area contributed by atoms with Crippen LogP contribution in [0.15, 0.2) is 66.9 Å². The van der Waals surface area contributed by atoms with E-state index in [0.29, 0.717) is 11.9 Å². The van der Waals surface area contributed by atoms with Gasteiger partial charge in [0.1, 0.15) is 5.82 Å². The Morgan fingerprint density at radius 2 is 1.69 bits per heavy atom. The number of anilines is 3. The van der Waals surface area contributed by atoms with E-state index in [2.05, 4.69) is 76.9 Å². The van der Waals surface area contributed by atoms with Crippen LogP contribution in [0.5, 0.6) is 0 Å². The summed E-state index contributed by atoms with van der Waals surface area (Å²) < 4.78 is 0. The predicted molar refractivity (Wildman–Crippen MR) is 109 cm³/mol. The molecule has 0 aliphatic heterocycles. The van der Waals surface area contributed by atoms with Crippen molar-refractivity contribution in [2.45, 2.75) is 32.6 Å². The summed E-state index contributed by atoms with van der Waals surface area (Å²) >= 11 is 0. The summed E-state index contributed by atoms with van der Waals surface area (Å²) in [4.78, 5) is 8.90. The molecule has 4 nitrogen and oxygen atoms in total. The van der Waals surface area contributed by atoms with Crippen LogP contribution in [0.25, 0.3) is 0 Å². The lowest BCUT2D eigenvalue weighted by atomic mass is 10.0. The van der Waals surface area contributed by atoms with Crippen LogP contribution in [0.4, 0.5) is 17.5 Å². The Morgan fingerprint density at radius 1 is 0.923 bits per heavy atom. The summed E-state index contributed by atoms with van der Waals surface area (Å²) in [5, 5.41) is 6.74. The SMILES string of the molecule is CC(C)c1ccccc1Nc1ccnc(NCCCc2ccccc2)n1. The molecule has 0 spiro atoms. The van der Waals surface area contributed by atoms with E-state index in [0.717, 1.165) is 30.9 Å². The molecule has 3 rings (SSSR count). The van der Waals surface area contributed by atoms with Gasteiger partial charge in [0.15, 0.2) is 0 Å². The average molecular weight is 346 g/mol. The Kier molecular flexibility index (Phi) is 6.20. The molecule has 0 amide bonds. The topological polar surface area (TPSA) is 49.8 Å². The van der Waals surface area contributed by atoms with Crippen molar-refractivity contribution in [1.82, 2.24) is 9.97 Å². The van der Waals surface area contributed by atoms with Crippen molar-refractivity contribution in [3.63, 3.8) is 0 Å². The molecule has 3 aromatic rings. The second-order valence-electron chi connectivity index (χ2n) is 6.65. The summed E-state index contributed by atoms with van der Waals surface area (Å²) in [6.45, 7) is 5.24. The Balaban J connectivity index is 1.57. The second kappa shape index (κ2) is 8.99. The summed E-state index contributed by atoms with van der Waals surface area (Å²) in [7, 11) is 0. The second-order valence-corrected chi connectivity index (χ2v) is 6.65. The highest BCUT2D eigenvalue weighted by Gasteiger charge is 2.07. The zero-order chi connectivity index (χ0) is 18.2. The maximum atomic E-state index is 4.58. The first kappa shape index (κ1) is 17.9. The highest BCUT2D eigenvalue weighted by atomic mass is 15.1. The van der Waals surface area contributed by atoms with Crippen LogP contribution < -0.4 is 10.6 Å². The Morgan fingerprint density at radius 3 is 2.50 bits per heavy atom. The molecule has 0 unspecified atom stereocenters. The van der Waals surface area contributed by atoms with E-state index in [4.69, 9.17) is 0 Å². The zero-order valence-electron chi connectivity index (χ0n) is 15.4. The van der Waals surface area contributed by atoms with Gasteiger partial charge in [-0.05, 0) is 42.0 Å². The third-order valence-electron chi connectivity index (χ3n) is 4.27. The van der Waals surface area contributed by atoms with Gasteiger partial charge in [-0.15, -0.1) is 0 Å². The molecular weight excluding hydrogens is 320 g/mol. The van der Waals surface area contributed by atoms with Crippen LogP contribution >= 0.6 is 0 Å². The molecule has 0 aliphatic carbocycles. The van der Waals surface area contributed by atoms with Gasteiger partial charge in [-0.25, -0.2) is 4.98 Å². The van der Waals surface area contributed by atoms with Crippen molar-refractivity contribution in [1.29, 1.82) is 0 Å². The summed E-state index contributed by atoms with van der Waals surface area (Å²) in [6, 6.07) is 20.8. The first-order chi connectivity index (χ1) is 12.7. The number of hydrogen-bond acceptors (Lipinski definition) is 4. The molecule has 26 heavy (non-hydrogen) atoms. The number of aryl methyl sites for hydroxylation is 1. The van der Waals surface area contributed by atoms with Gasteiger partial charge in [-0.2, -0.15) is 4.98 Å². The molecule has 0 bridgehead atoms. The van der Waals surface area contributed by atoms with E-state index in [1.54, 1.807) is 6.20 Å². The Labute approximate surface area is 155 Å². The summed E-state index contributed by atoms with van der Waals surface area (Å²) in [5.74, 6) is 1.92. The standard InChI is InChI=1S/C22H26N4/c1-17(2)19-12-6-7-13-20(19)25-21-14-16-24-22(26-21)23-15-8-11-18-9-4-3-5-10-18/h3-7,9-10,12-14,16-17H,8,11,15H2,1-2H3,(H2,23,24,25,26). The van der Waals surface area contributed by atoms with Gasteiger partial charge in [0.25, 0.3) is 0 Å². The van der Waals surface area contributed by atoms with Crippen LogP contribution in [0.1, 0.15) is 37.3 Å². The van der Waals surface area contributed by atoms with E-state index in [1.165, 1.54) is 11.1 Å². The highest BCUT2D eigenvalue weighted by Crippen LogP contribution is 2.26. The van der Waals surface area contributed by atoms with Crippen molar-refractivity contribution >= 4 is 17.5 Å². The van der Waals surface area contributed by atoms with Crippen LogP contribution in [0.3, 0.4) is 0 Å². The van der Waals surface area contributed by atoms with Crippen molar-refractivity contribution in [3.8, 4) is 0 Å². The van der Waals surface area contributed by atoms with E-state index in [-0.39, 0.29) is 0 Å². The van der Waals surface area contributed by atoms with Crippen molar-refractivity contribution in [2.24, 2.45) is 0 Å². The molecular formula is C22H26N4. The maximum Gasteiger partial charge on any atom is 0.224 e. The average Bonchev–Trinajstić information content (AvgIpc) is 2.67. The number of nitrogens with one attached hydrogen (secondary N) is 2. The Hall–Kier alpha value is -2.88. The number of aromatic nitrogens is 2. The minimum atomic E-state index is 0.455. The van der Waals surface area contributed by atoms with Gasteiger partial charge in [0.05, 0.1) is 0 Å². The van der Waals surface area contributed by atoms with Crippen molar-refractivity contribution in [2.75, 3.05) is 17.2 Å². The van der Waals surface area contributed by atoms with Gasteiger partial charge in [0, 0.05) is 18.4 Å². The first-order valence-electron chi connectivity index (χ1n) is 9.19. The summed E-state index contributed by atoms with van der Waals surface area (Å²) in [5.41, 5.74) is 3.73. The zero-order valence-corrected chi connectivity index (χ0v) is 15.4. The third-order valence-corrected chi connectivity index (χ3v) is 4.27. The summed E-state index contributed by atoms with van der Waals surface area (Å²) in [6.07, 6.45) is 3.88. The van der Waals surface area contributed by atoms with Gasteiger partial charge in [0.2, 0.25) is 5.95 Å². The fraction of sp³-hybridized carbons (Fsp3) is 0.273. The monoisotopic (exact) mass is 346 g/mol. The molecule has 2 N–H and O–H groups in total. The maximum absolute atomic E-state index is 4.58. The van der Waals surface area contributed by atoms with Crippen LogP contribution in [0, 0.1) is 0 Å². The van der Waals surface area contributed by atoms with Crippen LogP contribution in [-0.2, 0) is 6.42 Å². The van der Waals surface area contributed by atoms with Gasteiger partial charge >= 0.3 is 0 Å². The number of rotatable bonds is 8. The van der Waals surface area contributed by atoms with Crippen molar-refractivity contribution in [3.05, 3.63) is 78.0 Å². The van der Waals surface area contributed by atoms with Crippen LogP contribution in [-0.4, -0.2) is 16.5 Å². The molecule has 4 heteroatoms. The molecule has 0 saturated carbocycles. The van der Waals surface area contributed by atoms with E-state index < -0.39 is 0 Å². The molecule has 1 heterocycles. The largest absolute Gasteiger partial charge is 0.354 e. The lowest BCUT2D eigenvalue weighted by Gasteiger charge is -2.14. The molecule has 0 atom stereocenters. The molecule has 134 valence electrons. The van der Waals surface area contributed by atoms with Crippen LogP contribution in [0.2, 0.25) is 0 Å². The van der Waals surface area contributed by atoms with Crippen molar-refractivity contribution < 1.29 is 0 Å². The fourth-order valence-electron chi connectivity index (χ4n) is 2.90. The Bertz CT molecular complexity index is 815. The van der Waals surface area contributed by atoms with Gasteiger partial charge < -0.3 is 10.6 Å². The number of nitrogens with zero attached hydrogens (tertiary/aromatic N) is 2. The smallest absolute Gasteiger partial charge is 0.224 e. The minimum Gasteiger partial charge on any atom is -0.354 e. The number of benzene rings is 2. The minimum absolute atomic E-state index is 0.455. The molecule has 0 aliphatic rings. The van der Waals surface area contributed by atoms with E-state index in [9.17, 15) is 0 Å². The number of para-hydroxylation sites is 1.